The summed E-state index contributed by atoms with van der Waals surface area (Å²) in [7, 11) is 0. The molecule has 7 heteroatoms. The Hall–Kier alpha value is -1.82. The number of aromatic nitrogens is 2. The molecule has 0 saturated heterocycles. The molecule has 0 aliphatic heterocycles. The van der Waals surface area contributed by atoms with E-state index in [9.17, 15) is 4.79 Å². The molecule has 2 heterocycles. The average Bonchev–Trinajstić information content (AvgIpc) is 2.86. The summed E-state index contributed by atoms with van der Waals surface area (Å²) in [5, 5.41) is 1.56. The van der Waals surface area contributed by atoms with E-state index in [1.807, 2.05) is 12.1 Å². The summed E-state index contributed by atoms with van der Waals surface area (Å²) in [5.41, 5.74) is 1.33. The molecule has 0 unspecified atom stereocenters. The highest BCUT2D eigenvalue weighted by Gasteiger charge is 2.17. The smallest absolute Gasteiger partial charge is 0.294 e. The van der Waals surface area contributed by atoms with Crippen molar-refractivity contribution in [2.24, 2.45) is 0 Å². The van der Waals surface area contributed by atoms with Crippen LogP contribution in [0.3, 0.4) is 0 Å². The Labute approximate surface area is 148 Å². The van der Waals surface area contributed by atoms with Crippen LogP contribution >= 0.6 is 39.1 Å². The van der Waals surface area contributed by atoms with Gasteiger partial charge in [0.05, 0.1) is 15.6 Å². The molecule has 0 aliphatic carbocycles. The lowest BCUT2D eigenvalue weighted by Gasteiger charge is -2.05. The first-order chi connectivity index (χ1) is 11.0. The largest absolute Gasteiger partial charge is 0.449 e. The molecule has 114 valence electrons. The minimum atomic E-state index is -0.381. The summed E-state index contributed by atoms with van der Waals surface area (Å²) in [4.78, 5) is 19.6. The molecular weight excluding hydrogens is 403 g/mol. The van der Waals surface area contributed by atoms with Gasteiger partial charge in [-0.05, 0) is 30.3 Å². The van der Waals surface area contributed by atoms with Crippen LogP contribution in [0.25, 0.3) is 33.5 Å². The Morgan fingerprint density at radius 3 is 2.61 bits per heavy atom. The molecule has 4 rings (SSSR count). The molecule has 0 fully saturated rings. The fraction of sp³-hybridized carbons (Fsp3) is 0. The summed E-state index contributed by atoms with van der Waals surface area (Å²) < 4.78 is 6.46. The van der Waals surface area contributed by atoms with Crippen molar-refractivity contribution in [3.05, 3.63) is 61.3 Å². The van der Waals surface area contributed by atoms with Crippen LogP contribution in [-0.2, 0) is 0 Å². The molecule has 4 nitrogen and oxygen atoms in total. The van der Waals surface area contributed by atoms with Crippen LogP contribution in [0.2, 0.25) is 10.0 Å². The van der Waals surface area contributed by atoms with E-state index in [0.717, 1.165) is 9.86 Å². The van der Waals surface area contributed by atoms with Gasteiger partial charge in [0.25, 0.3) is 5.56 Å². The van der Waals surface area contributed by atoms with E-state index in [4.69, 9.17) is 27.6 Å². The SMILES string of the molecule is O=c1[nH]c(-c2c(Cl)cccc2Cl)nc2c1oc1ccc(Br)cc12. The van der Waals surface area contributed by atoms with Crippen molar-refractivity contribution in [1.29, 1.82) is 0 Å². The molecule has 0 amide bonds. The third kappa shape index (κ3) is 2.36. The van der Waals surface area contributed by atoms with Crippen LogP contribution in [-0.4, -0.2) is 9.97 Å². The summed E-state index contributed by atoms with van der Waals surface area (Å²) >= 11 is 15.8. The molecule has 2 aromatic carbocycles. The van der Waals surface area contributed by atoms with Gasteiger partial charge in [-0.3, -0.25) is 4.79 Å². The number of H-pyrrole nitrogens is 1. The van der Waals surface area contributed by atoms with Gasteiger partial charge in [-0.15, -0.1) is 0 Å². The molecule has 1 N–H and O–H groups in total. The van der Waals surface area contributed by atoms with Crippen molar-refractivity contribution < 1.29 is 4.42 Å². The number of furan rings is 1. The van der Waals surface area contributed by atoms with Crippen molar-refractivity contribution >= 4 is 61.2 Å². The summed E-state index contributed by atoms with van der Waals surface area (Å²) in [6.45, 7) is 0. The lowest BCUT2D eigenvalue weighted by Crippen LogP contribution is -2.08. The minimum absolute atomic E-state index is 0.171. The highest BCUT2D eigenvalue weighted by atomic mass is 79.9. The third-order valence-corrected chi connectivity index (χ3v) is 4.61. The second kappa shape index (κ2) is 5.37. The number of nitrogens with one attached hydrogen (secondary N) is 1. The van der Waals surface area contributed by atoms with Gasteiger partial charge >= 0.3 is 0 Å². The van der Waals surface area contributed by atoms with E-state index < -0.39 is 0 Å². The zero-order valence-corrected chi connectivity index (χ0v) is 14.5. The number of aromatic amines is 1. The average molecular weight is 410 g/mol. The fourth-order valence-corrected chi connectivity index (χ4v) is 3.41. The minimum Gasteiger partial charge on any atom is -0.449 e. The van der Waals surface area contributed by atoms with Gasteiger partial charge < -0.3 is 9.40 Å². The molecule has 0 spiro atoms. The van der Waals surface area contributed by atoms with Crippen molar-refractivity contribution in [1.82, 2.24) is 9.97 Å². The molecule has 2 aromatic heterocycles. The summed E-state index contributed by atoms with van der Waals surface area (Å²) in [5.74, 6) is 0.306. The maximum Gasteiger partial charge on any atom is 0.294 e. The number of fused-ring (bicyclic) bond motifs is 3. The van der Waals surface area contributed by atoms with E-state index in [1.54, 1.807) is 24.3 Å². The Morgan fingerprint density at radius 2 is 1.87 bits per heavy atom. The van der Waals surface area contributed by atoms with Gasteiger partial charge in [0.1, 0.15) is 16.9 Å². The highest BCUT2D eigenvalue weighted by molar-refractivity contribution is 9.10. The molecular formula is C16H7BrCl2N2O2. The van der Waals surface area contributed by atoms with Crippen LogP contribution in [0.4, 0.5) is 0 Å². The zero-order chi connectivity index (χ0) is 16.1. The topological polar surface area (TPSA) is 58.9 Å². The van der Waals surface area contributed by atoms with Gasteiger partial charge in [0.15, 0.2) is 0 Å². The Morgan fingerprint density at radius 1 is 1.13 bits per heavy atom. The van der Waals surface area contributed by atoms with Gasteiger partial charge in [-0.1, -0.05) is 45.2 Å². The Kier molecular flexibility index (Phi) is 3.44. The molecule has 0 radical (unpaired) electrons. The predicted molar refractivity (Wildman–Crippen MR) is 95.3 cm³/mol. The molecule has 4 aromatic rings. The van der Waals surface area contributed by atoms with Gasteiger partial charge in [-0.2, -0.15) is 0 Å². The second-order valence-corrected chi connectivity index (χ2v) is 6.66. The Balaban J connectivity index is 2.12. The summed E-state index contributed by atoms with van der Waals surface area (Å²) in [6.07, 6.45) is 0. The maximum atomic E-state index is 12.4. The summed E-state index contributed by atoms with van der Waals surface area (Å²) in [6, 6.07) is 10.6. The fourth-order valence-electron chi connectivity index (χ4n) is 2.47. The van der Waals surface area contributed by atoms with Crippen LogP contribution < -0.4 is 5.56 Å². The quantitative estimate of drug-likeness (QED) is 0.457. The number of nitrogens with zero attached hydrogens (tertiary/aromatic N) is 1. The maximum absolute atomic E-state index is 12.4. The lowest BCUT2D eigenvalue weighted by atomic mass is 10.2. The van der Waals surface area contributed by atoms with E-state index in [1.165, 1.54) is 0 Å². The normalized spacial score (nSPS) is 11.4. The van der Waals surface area contributed by atoms with E-state index >= 15 is 0 Å². The third-order valence-electron chi connectivity index (χ3n) is 3.49. The van der Waals surface area contributed by atoms with Crippen molar-refractivity contribution in [2.75, 3.05) is 0 Å². The van der Waals surface area contributed by atoms with Gasteiger partial charge in [0.2, 0.25) is 5.58 Å². The first kappa shape index (κ1) is 14.8. The molecule has 0 atom stereocenters. The lowest BCUT2D eigenvalue weighted by molar-refractivity contribution is 0.661. The number of hydrogen-bond donors (Lipinski definition) is 1. The standard InChI is InChI=1S/C16H7BrCl2N2O2/c17-7-4-5-11-8(6-7)13-14(23-11)16(22)21-15(20-13)12-9(18)2-1-3-10(12)19/h1-6H,(H,20,21,22). The number of rotatable bonds is 1. The van der Waals surface area contributed by atoms with Crippen molar-refractivity contribution in [2.45, 2.75) is 0 Å². The van der Waals surface area contributed by atoms with E-state index in [0.29, 0.717) is 32.5 Å². The number of halogens is 3. The van der Waals surface area contributed by atoms with Crippen LogP contribution in [0.1, 0.15) is 0 Å². The van der Waals surface area contributed by atoms with Crippen LogP contribution in [0.5, 0.6) is 0 Å². The zero-order valence-electron chi connectivity index (χ0n) is 11.4. The van der Waals surface area contributed by atoms with Crippen molar-refractivity contribution in [3.8, 4) is 11.4 Å². The van der Waals surface area contributed by atoms with E-state index in [-0.39, 0.29) is 11.1 Å². The number of hydrogen-bond acceptors (Lipinski definition) is 3. The number of benzene rings is 2. The van der Waals surface area contributed by atoms with E-state index in [2.05, 4.69) is 25.9 Å². The molecule has 0 saturated carbocycles. The van der Waals surface area contributed by atoms with Gasteiger partial charge in [-0.25, -0.2) is 4.98 Å². The highest BCUT2D eigenvalue weighted by Crippen LogP contribution is 2.34. The second-order valence-electron chi connectivity index (χ2n) is 4.93. The van der Waals surface area contributed by atoms with Crippen molar-refractivity contribution in [3.63, 3.8) is 0 Å². The van der Waals surface area contributed by atoms with Gasteiger partial charge in [0, 0.05) is 9.86 Å². The monoisotopic (exact) mass is 408 g/mol. The Bertz CT molecular complexity index is 1110. The molecule has 0 bridgehead atoms. The van der Waals surface area contributed by atoms with Crippen LogP contribution in [0.15, 0.2) is 50.1 Å². The first-order valence-electron chi connectivity index (χ1n) is 6.61. The molecule has 0 aliphatic rings. The first-order valence-corrected chi connectivity index (χ1v) is 8.16. The van der Waals surface area contributed by atoms with Crippen LogP contribution in [0, 0.1) is 0 Å². The predicted octanol–water partition coefficient (Wildman–Crippen LogP) is 5.41. The molecule has 23 heavy (non-hydrogen) atoms.